The molecule has 0 aliphatic rings. The summed E-state index contributed by atoms with van der Waals surface area (Å²) in [6.07, 6.45) is -5.13. The predicted molar refractivity (Wildman–Crippen MR) is 58.8 cm³/mol. The molecular weight excluding hydrogens is 309 g/mol. The highest BCUT2D eigenvalue weighted by atomic mass is 35.7. The van der Waals surface area contributed by atoms with Gasteiger partial charge in [0.2, 0.25) is 0 Å². The van der Waals surface area contributed by atoms with Crippen LogP contribution >= 0.6 is 10.7 Å². The highest BCUT2D eigenvalue weighted by Gasteiger charge is 2.35. The van der Waals surface area contributed by atoms with E-state index in [0.717, 1.165) is 12.1 Å². The Kier molecular flexibility index (Phi) is 4.29. The van der Waals surface area contributed by atoms with E-state index in [4.69, 9.17) is 21.7 Å². The fourth-order valence-electron chi connectivity index (χ4n) is 1.31. The molecule has 0 aliphatic carbocycles. The first-order valence-corrected chi connectivity index (χ1v) is 6.87. The molecule has 1 rings (SSSR count). The van der Waals surface area contributed by atoms with Gasteiger partial charge in [-0.3, -0.25) is 0 Å². The Balaban J connectivity index is 3.62. The molecule has 0 fully saturated rings. The van der Waals surface area contributed by atoms with Gasteiger partial charge in [-0.05, 0) is 17.7 Å². The molecule has 1 aromatic rings. The van der Waals surface area contributed by atoms with Crippen molar-refractivity contribution in [2.75, 3.05) is 0 Å². The maximum Gasteiger partial charge on any atom is 0.573 e. The summed E-state index contributed by atoms with van der Waals surface area (Å²) in [7, 11) is 0.425. The molecular formula is C9H6ClF3N2O3S. The largest absolute Gasteiger partial charge is 0.573 e. The molecule has 0 atom stereocenters. The zero-order chi connectivity index (χ0) is 14.8. The molecule has 0 radical (unpaired) electrons. The Labute approximate surface area is 110 Å². The second-order valence-corrected chi connectivity index (χ2v) is 5.78. The van der Waals surface area contributed by atoms with E-state index in [1.54, 1.807) is 0 Å². The standard InChI is InChI=1S/C9H6ClF3N2O3S/c10-19(16,17)8-6(4-15)1-5(3-14)2-7(8)18-9(11,12)13/h1-2H,3,14H2. The van der Waals surface area contributed by atoms with Gasteiger partial charge in [-0.25, -0.2) is 8.42 Å². The molecule has 0 spiro atoms. The molecule has 0 aromatic heterocycles. The minimum Gasteiger partial charge on any atom is -0.404 e. The number of ether oxygens (including phenoxy) is 1. The number of hydrogen-bond donors (Lipinski definition) is 1. The highest BCUT2D eigenvalue weighted by molar-refractivity contribution is 8.13. The maximum absolute atomic E-state index is 12.2. The normalized spacial score (nSPS) is 12.0. The van der Waals surface area contributed by atoms with Gasteiger partial charge in [0.1, 0.15) is 11.0 Å². The van der Waals surface area contributed by atoms with Crippen LogP contribution in [0.1, 0.15) is 11.1 Å². The van der Waals surface area contributed by atoms with Crippen molar-refractivity contribution in [1.29, 1.82) is 5.26 Å². The number of alkyl halides is 3. The molecule has 0 heterocycles. The lowest BCUT2D eigenvalue weighted by Gasteiger charge is -2.14. The molecule has 0 aliphatic heterocycles. The Hall–Kier alpha value is -1.50. The van der Waals surface area contributed by atoms with Gasteiger partial charge < -0.3 is 10.5 Å². The molecule has 2 N–H and O–H groups in total. The number of rotatable bonds is 3. The van der Waals surface area contributed by atoms with Crippen molar-refractivity contribution < 1.29 is 26.3 Å². The lowest BCUT2D eigenvalue weighted by atomic mass is 10.1. The number of nitrogens with zero attached hydrogens (tertiary/aromatic N) is 1. The van der Waals surface area contributed by atoms with Crippen molar-refractivity contribution in [2.45, 2.75) is 17.8 Å². The van der Waals surface area contributed by atoms with Gasteiger partial charge in [0, 0.05) is 17.2 Å². The highest BCUT2D eigenvalue weighted by Crippen LogP contribution is 2.35. The number of hydrogen-bond acceptors (Lipinski definition) is 5. The van der Waals surface area contributed by atoms with Crippen LogP contribution < -0.4 is 10.5 Å². The zero-order valence-electron chi connectivity index (χ0n) is 9.03. The summed E-state index contributed by atoms with van der Waals surface area (Å²) < 4.78 is 62.7. The quantitative estimate of drug-likeness (QED) is 0.859. The van der Waals surface area contributed by atoms with Gasteiger partial charge in [-0.1, -0.05) is 0 Å². The van der Waals surface area contributed by atoms with Crippen LogP contribution in [-0.2, 0) is 15.6 Å². The van der Waals surface area contributed by atoms with Crippen LogP contribution in [0.25, 0.3) is 0 Å². The first-order chi connectivity index (χ1) is 8.58. The molecule has 104 valence electrons. The van der Waals surface area contributed by atoms with Gasteiger partial charge in [-0.15, -0.1) is 13.2 Å². The Bertz CT molecular complexity index is 637. The molecule has 0 saturated heterocycles. The molecule has 0 amide bonds. The smallest absolute Gasteiger partial charge is 0.404 e. The summed E-state index contributed by atoms with van der Waals surface area (Å²) in [4.78, 5) is -1.04. The first kappa shape index (κ1) is 15.6. The Morgan fingerprint density at radius 3 is 2.37 bits per heavy atom. The number of benzene rings is 1. The fourth-order valence-corrected chi connectivity index (χ4v) is 2.50. The molecule has 1 aromatic carbocycles. The molecule has 0 saturated carbocycles. The molecule has 19 heavy (non-hydrogen) atoms. The minimum absolute atomic E-state index is 0.0971. The van der Waals surface area contributed by atoms with E-state index in [1.807, 2.05) is 0 Å². The van der Waals surface area contributed by atoms with E-state index in [0.29, 0.717) is 0 Å². The van der Waals surface area contributed by atoms with Crippen molar-refractivity contribution in [3.8, 4) is 11.8 Å². The summed E-state index contributed by atoms with van der Waals surface area (Å²) in [5, 5.41) is 8.77. The van der Waals surface area contributed by atoms with Crippen LogP contribution in [0.3, 0.4) is 0 Å². The van der Waals surface area contributed by atoms with E-state index in [-0.39, 0.29) is 12.1 Å². The third-order valence-corrected chi connectivity index (χ3v) is 3.31. The second-order valence-electron chi connectivity index (χ2n) is 3.27. The summed E-state index contributed by atoms with van der Waals surface area (Å²) in [6.45, 7) is -0.203. The van der Waals surface area contributed by atoms with Gasteiger partial charge >= 0.3 is 6.36 Å². The topological polar surface area (TPSA) is 93.2 Å². The molecule has 5 nitrogen and oxygen atoms in total. The minimum atomic E-state index is -5.13. The number of halogens is 4. The van der Waals surface area contributed by atoms with Crippen LogP contribution in [0.5, 0.6) is 5.75 Å². The van der Waals surface area contributed by atoms with Crippen molar-refractivity contribution in [3.05, 3.63) is 23.3 Å². The van der Waals surface area contributed by atoms with Crippen molar-refractivity contribution >= 4 is 19.7 Å². The summed E-state index contributed by atoms with van der Waals surface area (Å²) in [5.41, 5.74) is 4.76. The van der Waals surface area contributed by atoms with E-state index < -0.39 is 31.6 Å². The fraction of sp³-hybridized carbons (Fsp3) is 0.222. The van der Waals surface area contributed by atoms with E-state index in [2.05, 4.69) is 4.74 Å². The lowest BCUT2D eigenvalue weighted by Crippen LogP contribution is -2.19. The zero-order valence-corrected chi connectivity index (χ0v) is 10.6. The maximum atomic E-state index is 12.2. The molecule has 0 bridgehead atoms. The molecule has 10 heteroatoms. The van der Waals surface area contributed by atoms with E-state index in [1.165, 1.54) is 6.07 Å². The van der Waals surface area contributed by atoms with Crippen LogP contribution in [0.4, 0.5) is 13.2 Å². The van der Waals surface area contributed by atoms with Gasteiger partial charge in [0.15, 0.2) is 5.75 Å². The van der Waals surface area contributed by atoms with Crippen LogP contribution in [0.2, 0.25) is 0 Å². The van der Waals surface area contributed by atoms with E-state index >= 15 is 0 Å². The predicted octanol–water partition coefficient (Wildman–Crippen LogP) is 1.84. The van der Waals surface area contributed by atoms with Crippen molar-refractivity contribution in [2.24, 2.45) is 5.73 Å². The first-order valence-electron chi connectivity index (χ1n) is 4.56. The third-order valence-electron chi connectivity index (χ3n) is 1.94. The van der Waals surface area contributed by atoms with Crippen LogP contribution in [0.15, 0.2) is 17.0 Å². The summed E-state index contributed by atoms with van der Waals surface area (Å²) >= 11 is 0. The van der Waals surface area contributed by atoms with Crippen molar-refractivity contribution in [1.82, 2.24) is 0 Å². The average Bonchev–Trinajstić information content (AvgIpc) is 2.23. The van der Waals surface area contributed by atoms with Crippen LogP contribution in [0, 0.1) is 11.3 Å². The van der Waals surface area contributed by atoms with Gasteiger partial charge in [0.25, 0.3) is 9.05 Å². The monoisotopic (exact) mass is 314 g/mol. The van der Waals surface area contributed by atoms with Gasteiger partial charge in [-0.2, -0.15) is 5.26 Å². The molecule has 0 unspecified atom stereocenters. The Morgan fingerprint density at radius 1 is 1.42 bits per heavy atom. The van der Waals surface area contributed by atoms with E-state index in [9.17, 15) is 21.6 Å². The van der Waals surface area contributed by atoms with Crippen LogP contribution in [-0.4, -0.2) is 14.8 Å². The Morgan fingerprint density at radius 2 is 2.00 bits per heavy atom. The number of nitriles is 1. The average molecular weight is 315 g/mol. The van der Waals surface area contributed by atoms with Gasteiger partial charge in [0.05, 0.1) is 5.56 Å². The second kappa shape index (κ2) is 5.24. The summed E-state index contributed by atoms with van der Waals surface area (Å²) in [5.74, 6) is -1.08. The SMILES string of the molecule is N#Cc1cc(CN)cc(OC(F)(F)F)c1S(=O)(=O)Cl. The third kappa shape index (κ3) is 3.99. The summed E-state index contributed by atoms with van der Waals surface area (Å²) in [6, 6.07) is 3.23. The van der Waals surface area contributed by atoms with Crippen molar-refractivity contribution in [3.63, 3.8) is 0 Å². The number of nitrogens with two attached hydrogens (primary N) is 1. The lowest BCUT2D eigenvalue weighted by molar-refractivity contribution is -0.275.